The Morgan fingerprint density at radius 2 is 1.80 bits per heavy atom. The standard InChI is InChI=1S/C27H33N5O3/c1-27(2,3)16-29-24(33)14-21-15-28-26(35)23-13-18-12-19(8-11-22(18)32(21)23)30-25(34)17-6-9-20(10-7-17)31(4)5/h6-13,21H,14-16H2,1-5H3,(H,28,35)(H,29,33)(H,30,34). The molecule has 1 unspecified atom stereocenters. The van der Waals surface area contributed by atoms with Crippen molar-refractivity contribution in [2.75, 3.05) is 37.4 Å². The second-order valence-corrected chi connectivity index (χ2v) is 10.5. The van der Waals surface area contributed by atoms with Gasteiger partial charge in [0, 0.05) is 61.4 Å². The molecule has 1 aliphatic rings. The van der Waals surface area contributed by atoms with Crippen LogP contribution in [0, 0.1) is 5.41 Å². The van der Waals surface area contributed by atoms with Gasteiger partial charge in [0.2, 0.25) is 5.91 Å². The summed E-state index contributed by atoms with van der Waals surface area (Å²) >= 11 is 0. The molecule has 0 bridgehead atoms. The van der Waals surface area contributed by atoms with E-state index in [1.165, 1.54) is 0 Å². The van der Waals surface area contributed by atoms with E-state index in [-0.39, 0.29) is 35.6 Å². The number of aromatic nitrogens is 1. The van der Waals surface area contributed by atoms with E-state index in [1.54, 1.807) is 12.1 Å². The monoisotopic (exact) mass is 475 g/mol. The summed E-state index contributed by atoms with van der Waals surface area (Å²) in [6.07, 6.45) is 0.272. The van der Waals surface area contributed by atoms with Gasteiger partial charge in [-0.2, -0.15) is 0 Å². The lowest BCUT2D eigenvalue weighted by Gasteiger charge is -2.27. The van der Waals surface area contributed by atoms with E-state index in [4.69, 9.17) is 0 Å². The van der Waals surface area contributed by atoms with Crippen molar-refractivity contribution in [3.05, 3.63) is 59.8 Å². The van der Waals surface area contributed by atoms with Gasteiger partial charge in [0.1, 0.15) is 5.69 Å². The van der Waals surface area contributed by atoms with Crippen molar-refractivity contribution in [2.24, 2.45) is 5.41 Å². The molecule has 0 saturated heterocycles. The van der Waals surface area contributed by atoms with Crippen molar-refractivity contribution in [3.8, 4) is 0 Å². The summed E-state index contributed by atoms with van der Waals surface area (Å²) in [6, 6.07) is 14.6. The molecule has 1 atom stereocenters. The first-order valence-electron chi connectivity index (χ1n) is 11.8. The quantitative estimate of drug-likeness (QED) is 0.505. The van der Waals surface area contributed by atoms with Crippen LogP contribution in [0.4, 0.5) is 11.4 Å². The topological polar surface area (TPSA) is 95.5 Å². The van der Waals surface area contributed by atoms with Crippen LogP contribution < -0.4 is 20.9 Å². The first-order valence-corrected chi connectivity index (χ1v) is 11.8. The summed E-state index contributed by atoms with van der Waals surface area (Å²) in [5.74, 6) is -0.415. The van der Waals surface area contributed by atoms with Gasteiger partial charge in [-0.15, -0.1) is 0 Å². The molecule has 1 aromatic heterocycles. The van der Waals surface area contributed by atoms with E-state index < -0.39 is 0 Å². The molecule has 0 fully saturated rings. The largest absolute Gasteiger partial charge is 0.378 e. The van der Waals surface area contributed by atoms with Crippen LogP contribution in [0.2, 0.25) is 0 Å². The van der Waals surface area contributed by atoms with Crippen molar-refractivity contribution in [1.82, 2.24) is 15.2 Å². The third-order valence-corrected chi connectivity index (χ3v) is 6.08. The van der Waals surface area contributed by atoms with E-state index in [1.807, 2.05) is 60.0 Å². The smallest absolute Gasteiger partial charge is 0.268 e. The van der Waals surface area contributed by atoms with Crippen LogP contribution in [0.3, 0.4) is 0 Å². The van der Waals surface area contributed by atoms with E-state index in [2.05, 4.69) is 36.7 Å². The minimum atomic E-state index is -0.204. The molecule has 3 aromatic rings. The lowest BCUT2D eigenvalue weighted by atomic mass is 9.97. The Labute approximate surface area is 205 Å². The summed E-state index contributed by atoms with van der Waals surface area (Å²) in [6.45, 7) is 7.19. The van der Waals surface area contributed by atoms with Crippen molar-refractivity contribution in [1.29, 1.82) is 0 Å². The van der Waals surface area contributed by atoms with Crippen molar-refractivity contribution in [2.45, 2.75) is 33.2 Å². The number of benzene rings is 2. The van der Waals surface area contributed by atoms with E-state index in [0.29, 0.717) is 30.0 Å². The third kappa shape index (κ3) is 5.48. The molecule has 8 heteroatoms. The average Bonchev–Trinajstić information content (AvgIpc) is 3.19. The molecule has 0 spiro atoms. The number of carbonyl (C=O) groups is 3. The number of hydrogen-bond acceptors (Lipinski definition) is 4. The molecule has 184 valence electrons. The van der Waals surface area contributed by atoms with Crippen LogP contribution in [-0.4, -0.2) is 49.5 Å². The highest BCUT2D eigenvalue weighted by Crippen LogP contribution is 2.30. The molecular weight excluding hydrogens is 442 g/mol. The van der Waals surface area contributed by atoms with Crippen LogP contribution in [0.15, 0.2) is 48.5 Å². The molecule has 3 amide bonds. The van der Waals surface area contributed by atoms with E-state index in [9.17, 15) is 14.4 Å². The highest BCUT2D eigenvalue weighted by atomic mass is 16.2. The molecule has 35 heavy (non-hydrogen) atoms. The zero-order valence-corrected chi connectivity index (χ0v) is 20.9. The lowest BCUT2D eigenvalue weighted by molar-refractivity contribution is -0.122. The lowest BCUT2D eigenvalue weighted by Crippen LogP contribution is -2.41. The zero-order chi connectivity index (χ0) is 25.3. The summed E-state index contributed by atoms with van der Waals surface area (Å²) < 4.78 is 1.94. The fraction of sp³-hybridized carbons (Fsp3) is 0.370. The van der Waals surface area contributed by atoms with Crippen LogP contribution in [0.25, 0.3) is 10.9 Å². The molecule has 0 aliphatic carbocycles. The van der Waals surface area contributed by atoms with Crippen LogP contribution in [0.1, 0.15) is 54.1 Å². The van der Waals surface area contributed by atoms with Crippen molar-refractivity contribution >= 4 is 40.0 Å². The highest BCUT2D eigenvalue weighted by Gasteiger charge is 2.29. The predicted octanol–water partition coefficient (Wildman–Crippen LogP) is 3.80. The first kappa shape index (κ1) is 24.3. The summed E-state index contributed by atoms with van der Waals surface area (Å²) in [5.41, 5.74) is 3.59. The zero-order valence-electron chi connectivity index (χ0n) is 20.9. The molecular formula is C27H33N5O3. The SMILES string of the molecule is CN(C)c1ccc(C(=O)Nc2ccc3c(c2)cc2n3C(CC(=O)NCC(C)(C)C)CNC2=O)cc1. The highest BCUT2D eigenvalue weighted by molar-refractivity contribution is 6.06. The van der Waals surface area contributed by atoms with E-state index in [0.717, 1.165) is 16.6 Å². The van der Waals surface area contributed by atoms with Gasteiger partial charge in [-0.05, 0) is 53.9 Å². The number of nitrogens with zero attached hydrogens (tertiary/aromatic N) is 2. The van der Waals surface area contributed by atoms with Gasteiger partial charge in [0.25, 0.3) is 11.8 Å². The second-order valence-electron chi connectivity index (χ2n) is 10.5. The van der Waals surface area contributed by atoms with Gasteiger partial charge in [-0.25, -0.2) is 0 Å². The Kier molecular flexibility index (Phi) is 6.56. The number of rotatable bonds is 6. The fourth-order valence-corrected chi connectivity index (χ4v) is 4.20. The van der Waals surface area contributed by atoms with Gasteiger partial charge in [-0.1, -0.05) is 20.8 Å². The summed E-state index contributed by atoms with van der Waals surface area (Å²) in [5, 5.41) is 9.66. The molecule has 3 N–H and O–H groups in total. The predicted molar refractivity (Wildman–Crippen MR) is 139 cm³/mol. The molecule has 1 aliphatic heterocycles. The molecule has 0 saturated carbocycles. The molecule has 2 heterocycles. The maximum Gasteiger partial charge on any atom is 0.268 e. The van der Waals surface area contributed by atoms with Gasteiger partial charge < -0.3 is 25.4 Å². The number of amides is 3. The normalized spacial score (nSPS) is 15.3. The Bertz CT molecular complexity index is 1270. The Morgan fingerprint density at radius 1 is 1.09 bits per heavy atom. The summed E-state index contributed by atoms with van der Waals surface area (Å²) in [7, 11) is 3.90. The summed E-state index contributed by atoms with van der Waals surface area (Å²) in [4.78, 5) is 39.9. The van der Waals surface area contributed by atoms with Crippen LogP contribution in [0.5, 0.6) is 0 Å². The third-order valence-electron chi connectivity index (χ3n) is 6.08. The van der Waals surface area contributed by atoms with Crippen LogP contribution in [-0.2, 0) is 4.79 Å². The molecule has 0 radical (unpaired) electrons. The van der Waals surface area contributed by atoms with Gasteiger partial charge in [-0.3, -0.25) is 14.4 Å². The first-order chi connectivity index (χ1) is 16.5. The van der Waals surface area contributed by atoms with E-state index >= 15 is 0 Å². The Hall–Kier alpha value is -3.81. The Morgan fingerprint density at radius 3 is 2.46 bits per heavy atom. The number of fused-ring (bicyclic) bond motifs is 3. The van der Waals surface area contributed by atoms with Gasteiger partial charge >= 0.3 is 0 Å². The van der Waals surface area contributed by atoms with Gasteiger partial charge in [0.15, 0.2) is 0 Å². The minimum Gasteiger partial charge on any atom is -0.378 e. The van der Waals surface area contributed by atoms with Crippen molar-refractivity contribution < 1.29 is 14.4 Å². The number of carbonyl (C=O) groups excluding carboxylic acids is 3. The molecule has 8 nitrogen and oxygen atoms in total. The average molecular weight is 476 g/mol. The maximum atomic E-state index is 12.7. The molecule has 2 aromatic carbocycles. The maximum absolute atomic E-state index is 12.7. The number of anilines is 2. The second kappa shape index (κ2) is 9.44. The van der Waals surface area contributed by atoms with Gasteiger partial charge in [0.05, 0.1) is 6.04 Å². The number of hydrogen-bond donors (Lipinski definition) is 3. The van der Waals surface area contributed by atoms with Crippen molar-refractivity contribution in [3.63, 3.8) is 0 Å². The molecule has 4 rings (SSSR count). The van der Waals surface area contributed by atoms with Crippen LogP contribution >= 0.6 is 0 Å². The fourth-order valence-electron chi connectivity index (χ4n) is 4.20. The number of nitrogens with one attached hydrogen (secondary N) is 3. The minimum absolute atomic E-state index is 0.00300. The Balaban J connectivity index is 1.54.